The fraction of sp³-hybridized carbons (Fsp3) is 0.737. The third kappa shape index (κ3) is 8.57. The Morgan fingerprint density at radius 1 is 1.00 bits per heavy atom. The smallest absolute Gasteiger partial charge is 0.311 e. The zero-order chi connectivity index (χ0) is 16.0. The fourth-order valence-corrected chi connectivity index (χ4v) is 3.63. The van der Waals surface area contributed by atoms with E-state index in [0.717, 1.165) is 18.4 Å². The van der Waals surface area contributed by atoms with E-state index in [4.69, 9.17) is 0 Å². The quantitative estimate of drug-likeness (QED) is 0.390. The van der Waals surface area contributed by atoms with Crippen LogP contribution in [0.3, 0.4) is 0 Å². The molecular formula is C19H32O2S. The van der Waals surface area contributed by atoms with Gasteiger partial charge in [0.1, 0.15) is 0 Å². The highest BCUT2D eigenvalue weighted by Gasteiger charge is 2.19. The molecule has 2 nitrogen and oxygen atoms in total. The molecule has 1 heterocycles. The molecule has 1 N–H and O–H groups in total. The van der Waals surface area contributed by atoms with E-state index < -0.39 is 5.97 Å². The predicted octanol–water partition coefficient (Wildman–Crippen LogP) is 6.62. The maximum absolute atomic E-state index is 11.3. The summed E-state index contributed by atoms with van der Waals surface area (Å²) in [5, 5.41) is 13.2. The van der Waals surface area contributed by atoms with E-state index in [-0.39, 0.29) is 5.92 Å². The van der Waals surface area contributed by atoms with Crippen molar-refractivity contribution in [1.82, 2.24) is 0 Å². The highest BCUT2D eigenvalue weighted by atomic mass is 32.1. The molecule has 22 heavy (non-hydrogen) atoms. The van der Waals surface area contributed by atoms with Crippen molar-refractivity contribution in [3.63, 3.8) is 0 Å². The molecule has 0 aliphatic carbocycles. The van der Waals surface area contributed by atoms with Crippen LogP contribution in [0.25, 0.3) is 0 Å². The molecule has 1 aromatic rings. The van der Waals surface area contributed by atoms with Crippen molar-refractivity contribution >= 4 is 17.3 Å². The third-order valence-electron chi connectivity index (χ3n) is 4.34. The first kappa shape index (κ1) is 19.2. The minimum atomic E-state index is -0.675. The normalized spacial score (nSPS) is 12.4. The number of unbranched alkanes of at least 4 members (excludes halogenated alkanes) is 10. The SMILES string of the molecule is CCCCCCCCCCCCCC(C(=O)O)c1ccsc1. The van der Waals surface area contributed by atoms with Crippen LogP contribution >= 0.6 is 11.3 Å². The van der Waals surface area contributed by atoms with Gasteiger partial charge in [-0.3, -0.25) is 4.79 Å². The molecular weight excluding hydrogens is 292 g/mol. The number of thiophene rings is 1. The molecule has 0 aromatic carbocycles. The van der Waals surface area contributed by atoms with Gasteiger partial charge in [0.05, 0.1) is 5.92 Å². The first-order valence-electron chi connectivity index (χ1n) is 9.00. The summed E-state index contributed by atoms with van der Waals surface area (Å²) in [7, 11) is 0. The van der Waals surface area contributed by atoms with Crippen LogP contribution in [0.2, 0.25) is 0 Å². The molecule has 3 heteroatoms. The first-order chi connectivity index (χ1) is 10.8. The number of carboxylic acid groups (broad SMARTS) is 1. The highest BCUT2D eigenvalue weighted by Crippen LogP contribution is 2.25. The van der Waals surface area contributed by atoms with Crippen LogP contribution < -0.4 is 0 Å². The number of rotatable bonds is 14. The Bertz CT molecular complexity index is 373. The molecule has 0 aliphatic heterocycles. The topological polar surface area (TPSA) is 37.3 Å². The third-order valence-corrected chi connectivity index (χ3v) is 5.04. The van der Waals surface area contributed by atoms with E-state index >= 15 is 0 Å². The molecule has 1 unspecified atom stereocenters. The summed E-state index contributed by atoms with van der Waals surface area (Å²) in [5.74, 6) is -0.977. The largest absolute Gasteiger partial charge is 0.481 e. The number of hydrogen-bond acceptors (Lipinski definition) is 2. The molecule has 0 saturated carbocycles. The zero-order valence-corrected chi connectivity index (χ0v) is 14.9. The molecule has 0 spiro atoms. The second-order valence-electron chi connectivity index (χ2n) is 6.27. The lowest BCUT2D eigenvalue weighted by molar-refractivity contribution is -0.139. The number of aliphatic carboxylic acids is 1. The lowest BCUT2D eigenvalue weighted by Gasteiger charge is -2.10. The van der Waals surface area contributed by atoms with Gasteiger partial charge in [0.15, 0.2) is 0 Å². The average Bonchev–Trinajstić information content (AvgIpc) is 3.02. The Morgan fingerprint density at radius 2 is 1.55 bits per heavy atom. The monoisotopic (exact) mass is 324 g/mol. The summed E-state index contributed by atoms with van der Waals surface area (Å²) in [5.41, 5.74) is 0.976. The van der Waals surface area contributed by atoms with E-state index in [1.807, 2.05) is 16.8 Å². The Hall–Kier alpha value is -0.830. The van der Waals surface area contributed by atoms with E-state index in [0.29, 0.717) is 0 Å². The minimum Gasteiger partial charge on any atom is -0.481 e. The predicted molar refractivity (Wildman–Crippen MR) is 95.8 cm³/mol. The molecule has 0 amide bonds. The number of carbonyl (C=O) groups is 1. The van der Waals surface area contributed by atoms with Crippen molar-refractivity contribution in [2.45, 2.75) is 89.9 Å². The van der Waals surface area contributed by atoms with Crippen LogP contribution in [0.5, 0.6) is 0 Å². The van der Waals surface area contributed by atoms with Gasteiger partial charge in [-0.2, -0.15) is 11.3 Å². The Kier molecular flexibility index (Phi) is 11.1. The van der Waals surface area contributed by atoms with E-state index in [1.165, 1.54) is 64.2 Å². The standard InChI is InChI=1S/C19H32O2S/c1-2-3-4-5-6-7-8-9-10-11-12-13-18(19(20)21)17-14-15-22-16-17/h14-16,18H,2-13H2,1H3,(H,20,21). The van der Waals surface area contributed by atoms with Crippen molar-refractivity contribution in [3.8, 4) is 0 Å². The van der Waals surface area contributed by atoms with Crippen LogP contribution in [-0.2, 0) is 4.79 Å². The highest BCUT2D eigenvalue weighted by molar-refractivity contribution is 7.08. The fourth-order valence-electron chi connectivity index (χ4n) is 2.92. The van der Waals surface area contributed by atoms with Gasteiger partial charge in [-0.25, -0.2) is 0 Å². The number of carboxylic acids is 1. The van der Waals surface area contributed by atoms with Crippen molar-refractivity contribution in [2.75, 3.05) is 0 Å². The van der Waals surface area contributed by atoms with Crippen LogP contribution in [0, 0.1) is 0 Å². The van der Waals surface area contributed by atoms with E-state index in [1.54, 1.807) is 11.3 Å². The molecule has 1 atom stereocenters. The zero-order valence-electron chi connectivity index (χ0n) is 14.1. The summed E-state index contributed by atoms with van der Waals surface area (Å²) < 4.78 is 0. The second-order valence-corrected chi connectivity index (χ2v) is 7.05. The van der Waals surface area contributed by atoms with Gasteiger partial charge in [-0.1, -0.05) is 77.6 Å². The van der Waals surface area contributed by atoms with Crippen LogP contribution in [0.4, 0.5) is 0 Å². The van der Waals surface area contributed by atoms with E-state index in [9.17, 15) is 9.90 Å². The maximum atomic E-state index is 11.3. The molecule has 0 radical (unpaired) electrons. The molecule has 1 aromatic heterocycles. The summed E-state index contributed by atoms with van der Waals surface area (Å²) in [4.78, 5) is 11.3. The van der Waals surface area contributed by atoms with E-state index in [2.05, 4.69) is 6.92 Å². The van der Waals surface area contributed by atoms with Crippen LogP contribution in [0.1, 0.15) is 95.5 Å². The number of hydrogen-bond donors (Lipinski definition) is 1. The summed E-state index contributed by atoms with van der Waals surface area (Å²) in [6, 6.07) is 1.95. The maximum Gasteiger partial charge on any atom is 0.311 e. The molecule has 0 fully saturated rings. The van der Waals surface area contributed by atoms with Crippen LogP contribution in [-0.4, -0.2) is 11.1 Å². The van der Waals surface area contributed by atoms with Gasteiger partial charge >= 0.3 is 5.97 Å². The minimum absolute atomic E-state index is 0.301. The molecule has 0 aliphatic rings. The van der Waals surface area contributed by atoms with Gasteiger partial charge in [-0.15, -0.1) is 0 Å². The molecule has 0 saturated heterocycles. The molecule has 126 valence electrons. The average molecular weight is 325 g/mol. The van der Waals surface area contributed by atoms with Crippen LogP contribution in [0.15, 0.2) is 16.8 Å². The van der Waals surface area contributed by atoms with Crippen molar-refractivity contribution < 1.29 is 9.90 Å². The summed E-state index contributed by atoms with van der Waals surface area (Å²) in [6.45, 7) is 2.26. The van der Waals surface area contributed by atoms with Gasteiger partial charge < -0.3 is 5.11 Å². The van der Waals surface area contributed by atoms with Gasteiger partial charge in [0, 0.05) is 0 Å². The lowest BCUT2D eigenvalue weighted by atomic mass is 9.95. The molecule has 0 bridgehead atoms. The van der Waals surface area contributed by atoms with Crippen molar-refractivity contribution in [3.05, 3.63) is 22.4 Å². The first-order valence-corrected chi connectivity index (χ1v) is 9.95. The lowest BCUT2D eigenvalue weighted by Crippen LogP contribution is -2.10. The van der Waals surface area contributed by atoms with Crippen molar-refractivity contribution in [2.24, 2.45) is 0 Å². The summed E-state index contributed by atoms with van der Waals surface area (Å²) in [6.07, 6.45) is 15.2. The van der Waals surface area contributed by atoms with Crippen molar-refractivity contribution in [1.29, 1.82) is 0 Å². The summed E-state index contributed by atoms with van der Waals surface area (Å²) >= 11 is 1.58. The second kappa shape index (κ2) is 12.7. The Labute approximate surface area is 140 Å². The van der Waals surface area contributed by atoms with Gasteiger partial charge in [0.25, 0.3) is 0 Å². The van der Waals surface area contributed by atoms with Gasteiger partial charge in [-0.05, 0) is 28.8 Å². The van der Waals surface area contributed by atoms with Gasteiger partial charge in [0.2, 0.25) is 0 Å². The Morgan fingerprint density at radius 3 is 2.00 bits per heavy atom. The molecule has 1 rings (SSSR count). The Balaban J connectivity index is 1.97.